The third-order valence-electron chi connectivity index (χ3n) is 3.39. The number of allylic oxidation sites excluding steroid dienone is 4. The van der Waals surface area contributed by atoms with Crippen molar-refractivity contribution in [2.75, 3.05) is 13.1 Å². The number of hydrogen-bond donors (Lipinski definition) is 0. The van der Waals surface area contributed by atoms with Gasteiger partial charge in [-0.3, -0.25) is 0 Å². The van der Waals surface area contributed by atoms with Gasteiger partial charge in [0.05, 0.1) is 0 Å². The predicted molar refractivity (Wildman–Crippen MR) is 73.9 cm³/mol. The van der Waals surface area contributed by atoms with Crippen LogP contribution >= 0.6 is 0 Å². The Bertz CT molecular complexity index is 430. The van der Waals surface area contributed by atoms with Crippen LogP contribution in [0.15, 0.2) is 51.8 Å². The van der Waals surface area contributed by atoms with Gasteiger partial charge in [0, 0.05) is 0 Å². The summed E-state index contributed by atoms with van der Waals surface area (Å²) in [6, 6.07) is 11.1. The van der Waals surface area contributed by atoms with Crippen LogP contribution in [-0.4, -0.2) is 18.0 Å². The van der Waals surface area contributed by atoms with E-state index in [0.717, 1.165) is 13.1 Å². The third-order valence-corrected chi connectivity index (χ3v) is 7.60. The maximum atomic E-state index is 2.63. The molecule has 0 aliphatic heterocycles. The summed E-state index contributed by atoms with van der Waals surface area (Å²) >= 11 is -0.553. The largest absolute Gasteiger partial charge is 1.00 e. The SMILES string of the molecule is CCN(CC)[CH]([Zr+3][C]1=CC=CC1)c1ccccc1.[Cl-].[Cl-].[Cl-]. The van der Waals surface area contributed by atoms with Gasteiger partial charge in [-0.2, -0.15) is 0 Å². The van der Waals surface area contributed by atoms with Crippen molar-refractivity contribution in [3.63, 3.8) is 0 Å². The van der Waals surface area contributed by atoms with Gasteiger partial charge in [0.1, 0.15) is 0 Å². The van der Waals surface area contributed by atoms with Gasteiger partial charge in [-0.25, -0.2) is 0 Å². The first kappa shape index (κ1) is 23.7. The first-order chi connectivity index (χ1) is 8.85. The predicted octanol–water partition coefficient (Wildman–Crippen LogP) is -5.03. The monoisotopic (exact) mass is 422 g/mol. The topological polar surface area (TPSA) is 3.24 Å². The molecule has 21 heavy (non-hydrogen) atoms. The second kappa shape index (κ2) is 12.9. The summed E-state index contributed by atoms with van der Waals surface area (Å²) in [6.45, 7) is 6.86. The van der Waals surface area contributed by atoms with Gasteiger partial charge in [-0.05, 0) is 0 Å². The number of rotatable bonds is 6. The van der Waals surface area contributed by atoms with E-state index < -0.39 is 23.2 Å². The minimum absolute atomic E-state index is 0. The fraction of sp³-hybridized carbons (Fsp3) is 0.375. The van der Waals surface area contributed by atoms with E-state index in [-0.39, 0.29) is 37.2 Å². The Hall–Kier alpha value is 0.413. The molecule has 0 bridgehead atoms. The Kier molecular flexibility index (Phi) is 14.6. The molecule has 0 saturated heterocycles. The van der Waals surface area contributed by atoms with E-state index in [2.05, 4.69) is 67.3 Å². The second-order valence-electron chi connectivity index (χ2n) is 4.50. The zero-order valence-corrected chi connectivity index (χ0v) is 17.1. The Morgan fingerprint density at radius 1 is 1.05 bits per heavy atom. The molecule has 0 amide bonds. The average Bonchev–Trinajstić information content (AvgIpc) is 2.93. The Morgan fingerprint density at radius 2 is 1.67 bits per heavy atom. The zero-order valence-electron chi connectivity index (χ0n) is 12.4. The van der Waals surface area contributed by atoms with Crippen LogP contribution in [0.3, 0.4) is 0 Å². The smallest absolute Gasteiger partial charge is 1.00 e. The number of nitrogens with zero attached hydrogens (tertiary/aromatic N) is 1. The molecule has 1 aliphatic rings. The third kappa shape index (κ3) is 7.01. The Morgan fingerprint density at radius 3 is 2.14 bits per heavy atom. The summed E-state index contributed by atoms with van der Waals surface area (Å²) in [4.78, 5) is 2.63. The van der Waals surface area contributed by atoms with Crippen LogP contribution < -0.4 is 37.2 Å². The number of halogens is 3. The molecule has 0 radical (unpaired) electrons. The maximum Gasteiger partial charge on any atom is -1.00 e. The molecule has 0 N–H and O–H groups in total. The van der Waals surface area contributed by atoms with Gasteiger partial charge < -0.3 is 37.2 Å². The van der Waals surface area contributed by atoms with Gasteiger partial charge in [-0.1, -0.05) is 0 Å². The molecule has 0 saturated carbocycles. The Balaban J connectivity index is 0. The molecule has 1 nitrogen and oxygen atoms in total. The van der Waals surface area contributed by atoms with Gasteiger partial charge in [0.15, 0.2) is 0 Å². The molecular formula is C16H21Cl3NZr. The maximum absolute atomic E-state index is 2.63. The van der Waals surface area contributed by atoms with Crippen LogP contribution in [0.5, 0.6) is 0 Å². The van der Waals surface area contributed by atoms with Crippen LogP contribution in [0.1, 0.15) is 29.6 Å². The van der Waals surface area contributed by atoms with Crippen molar-refractivity contribution in [2.24, 2.45) is 0 Å². The van der Waals surface area contributed by atoms with Crippen LogP contribution in [0.2, 0.25) is 0 Å². The van der Waals surface area contributed by atoms with Crippen molar-refractivity contribution < 1.29 is 60.5 Å². The van der Waals surface area contributed by atoms with Gasteiger partial charge in [0.2, 0.25) is 0 Å². The first-order valence-corrected chi connectivity index (χ1v) is 9.41. The molecule has 0 aromatic heterocycles. The summed E-state index contributed by atoms with van der Waals surface area (Å²) < 4.78 is 2.41. The molecule has 5 heteroatoms. The van der Waals surface area contributed by atoms with Crippen molar-refractivity contribution in [1.82, 2.24) is 4.90 Å². The summed E-state index contributed by atoms with van der Waals surface area (Å²) in [5.74, 6) is 0. The standard InChI is InChI=1S/C11H16N.C5H5.3ClH.Zr/c1-3-12(4-2)10-11-8-6-5-7-9-11;1-2-4-5-3-1;;;;/h5-10H,3-4H2,1-2H3;1-3H,4H2;3*1H;/q;;;;;+3/p-3. The number of hydrogen-bond acceptors (Lipinski definition) is 1. The zero-order chi connectivity index (χ0) is 12.8. The molecule has 1 atom stereocenters. The van der Waals surface area contributed by atoms with Crippen molar-refractivity contribution in [3.8, 4) is 0 Å². The molecule has 1 aromatic carbocycles. The van der Waals surface area contributed by atoms with Crippen molar-refractivity contribution in [2.45, 2.75) is 24.0 Å². The normalized spacial score (nSPS) is 13.4. The van der Waals surface area contributed by atoms with Crippen LogP contribution in [-0.2, 0) is 23.2 Å². The molecular weight excluding hydrogens is 404 g/mol. The summed E-state index contributed by atoms with van der Waals surface area (Å²) in [7, 11) is 0. The minimum atomic E-state index is -0.553. The summed E-state index contributed by atoms with van der Waals surface area (Å²) in [5, 5.41) is 0. The number of benzene rings is 1. The van der Waals surface area contributed by atoms with Crippen LogP contribution in [0.4, 0.5) is 0 Å². The fourth-order valence-electron chi connectivity index (χ4n) is 2.34. The fourth-order valence-corrected chi connectivity index (χ4v) is 6.48. The van der Waals surface area contributed by atoms with Crippen molar-refractivity contribution in [1.29, 1.82) is 0 Å². The molecule has 1 unspecified atom stereocenters. The molecule has 2 rings (SSSR count). The van der Waals surface area contributed by atoms with E-state index in [1.165, 1.54) is 12.0 Å². The van der Waals surface area contributed by atoms with E-state index in [9.17, 15) is 0 Å². The quantitative estimate of drug-likeness (QED) is 0.442. The van der Waals surface area contributed by atoms with E-state index in [0.29, 0.717) is 3.75 Å². The Labute approximate surface area is 159 Å². The van der Waals surface area contributed by atoms with Gasteiger partial charge in [0.25, 0.3) is 0 Å². The van der Waals surface area contributed by atoms with Crippen LogP contribution in [0, 0.1) is 0 Å². The molecule has 0 spiro atoms. The van der Waals surface area contributed by atoms with Gasteiger partial charge in [-0.15, -0.1) is 0 Å². The minimum Gasteiger partial charge on any atom is -1.00 e. The first-order valence-electron chi connectivity index (χ1n) is 6.76. The van der Waals surface area contributed by atoms with E-state index in [4.69, 9.17) is 0 Å². The van der Waals surface area contributed by atoms with Gasteiger partial charge >= 0.3 is 123 Å². The van der Waals surface area contributed by atoms with Crippen LogP contribution in [0.25, 0.3) is 0 Å². The molecule has 1 aromatic rings. The van der Waals surface area contributed by atoms with Crippen molar-refractivity contribution >= 4 is 0 Å². The molecule has 115 valence electrons. The van der Waals surface area contributed by atoms with E-state index in [1.807, 2.05) is 0 Å². The summed E-state index contributed by atoms with van der Waals surface area (Å²) in [5.41, 5.74) is 1.51. The average molecular weight is 425 g/mol. The van der Waals surface area contributed by atoms with Crippen molar-refractivity contribution in [3.05, 3.63) is 57.4 Å². The van der Waals surface area contributed by atoms with E-state index >= 15 is 0 Å². The molecule has 1 aliphatic carbocycles. The molecule has 0 fully saturated rings. The summed E-state index contributed by atoms with van der Waals surface area (Å²) in [6.07, 6.45) is 8.07. The molecule has 0 heterocycles. The second-order valence-corrected chi connectivity index (χ2v) is 8.14. The van der Waals surface area contributed by atoms with E-state index in [1.54, 1.807) is 3.28 Å².